The maximum atomic E-state index is 11.1. The average molecular weight is 233 g/mol. The number of allylic oxidation sites excluding steroid dienone is 1. The van der Waals surface area contributed by atoms with Crippen molar-refractivity contribution in [3.05, 3.63) is 34.8 Å². The third-order valence-corrected chi connectivity index (χ3v) is 2.29. The van der Waals surface area contributed by atoms with Crippen LogP contribution in [-0.4, -0.2) is 17.0 Å². The van der Waals surface area contributed by atoms with Crippen molar-refractivity contribution in [3.8, 4) is 0 Å². The molecule has 0 aliphatic heterocycles. The van der Waals surface area contributed by atoms with Crippen LogP contribution in [0.2, 0.25) is 0 Å². The summed E-state index contributed by atoms with van der Waals surface area (Å²) in [6.07, 6.45) is 2.53. The van der Waals surface area contributed by atoms with Gasteiger partial charge in [-0.25, -0.2) is 0 Å². The van der Waals surface area contributed by atoms with Crippen LogP contribution in [0.15, 0.2) is 18.0 Å². The molecule has 0 saturated carbocycles. The van der Waals surface area contributed by atoms with Gasteiger partial charge in [0.1, 0.15) is 0 Å². The smallest absolute Gasteiger partial charge is 0.373 e. The van der Waals surface area contributed by atoms with E-state index < -0.39 is 5.91 Å². The average Bonchev–Trinajstić information content (AvgIpc) is 2.53. The number of aryl methyl sites for hydroxylation is 1. The fourth-order valence-electron chi connectivity index (χ4n) is 1.71. The van der Waals surface area contributed by atoms with Crippen molar-refractivity contribution in [1.29, 1.82) is 0 Å². The molecule has 1 aliphatic rings. The highest BCUT2D eigenvalue weighted by molar-refractivity contribution is 6.20. The lowest BCUT2D eigenvalue weighted by molar-refractivity contribution is -0.191. The number of carbonyl (C=O) groups excluding carboxylic acids is 3. The van der Waals surface area contributed by atoms with Gasteiger partial charge in [0.05, 0.1) is 11.3 Å². The van der Waals surface area contributed by atoms with Gasteiger partial charge in [-0.15, -0.1) is 0 Å². The third kappa shape index (κ3) is 2.56. The zero-order valence-corrected chi connectivity index (χ0v) is 9.19. The molecule has 6 nitrogen and oxygen atoms in total. The van der Waals surface area contributed by atoms with Crippen molar-refractivity contribution >= 4 is 17.6 Å². The van der Waals surface area contributed by atoms with Gasteiger partial charge in [-0.3, -0.25) is 9.78 Å². The highest BCUT2D eigenvalue weighted by atomic mass is 16.2. The van der Waals surface area contributed by atoms with Gasteiger partial charge in [0.25, 0.3) is 5.91 Å². The van der Waals surface area contributed by atoms with E-state index in [1.165, 1.54) is 0 Å². The molecule has 1 aliphatic carbocycles. The topological polar surface area (TPSA) is 116 Å². The Bertz CT molecular complexity index is 529. The first-order valence-electron chi connectivity index (χ1n) is 4.74. The fourth-order valence-corrected chi connectivity index (χ4v) is 1.71. The minimum atomic E-state index is -0.502. The number of hydrogen-bond donors (Lipinski definition) is 2. The molecule has 1 aromatic heterocycles. The van der Waals surface area contributed by atoms with E-state index in [9.17, 15) is 4.79 Å². The van der Waals surface area contributed by atoms with Crippen LogP contribution < -0.4 is 11.5 Å². The molecule has 2 rings (SSSR count). The Hall–Kier alpha value is -2.46. The van der Waals surface area contributed by atoms with Gasteiger partial charge in [0, 0.05) is 18.3 Å². The molecule has 0 bridgehead atoms. The normalized spacial score (nSPS) is 12.3. The molecule has 0 saturated heterocycles. The van der Waals surface area contributed by atoms with Gasteiger partial charge in [-0.05, 0) is 18.1 Å². The number of nitrogens with zero attached hydrogens (tertiary/aromatic N) is 1. The Morgan fingerprint density at radius 3 is 2.59 bits per heavy atom. The Balaban J connectivity index is 0.000000437. The maximum Gasteiger partial charge on any atom is 0.373 e. The number of fused-ring (bicyclic) bond motifs is 1. The lowest BCUT2D eigenvalue weighted by Crippen LogP contribution is -2.15. The van der Waals surface area contributed by atoms with Gasteiger partial charge in [0.2, 0.25) is 0 Å². The lowest BCUT2D eigenvalue weighted by Gasteiger charge is -2.01. The van der Waals surface area contributed by atoms with Crippen LogP contribution >= 0.6 is 0 Å². The first-order valence-corrected chi connectivity index (χ1v) is 4.74. The number of nitrogens with two attached hydrogens (primary N) is 2. The number of rotatable bonds is 1. The molecule has 4 N–H and O–H groups in total. The second-order valence-electron chi connectivity index (χ2n) is 3.54. The van der Waals surface area contributed by atoms with E-state index in [1.807, 2.05) is 13.0 Å². The molecule has 0 fully saturated rings. The zero-order chi connectivity index (χ0) is 13.0. The quantitative estimate of drug-likeness (QED) is 0.679. The molecule has 0 radical (unpaired) electrons. The summed E-state index contributed by atoms with van der Waals surface area (Å²) in [7, 11) is 0. The summed E-state index contributed by atoms with van der Waals surface area (Å²) in [6, 6.07) is 1.98. The van der Waals surface area contributed by atoms with Gasteiger partial charge < -0.3 is 11.5 Å². The minimum Gasteiger partial charge on any atom is -0.401 e. The summed E-state index contributed by atoms with van der Waals surface area (Å²) in [5, 5.41) is 0. The first-order chi connectivity index (χ1) is 8.01. The van der Waals surface area contributed by atoms with Crippen LogP contribution in [0.5, 0.6) is 0 Å². The number of amides is 1. The van der Waals surface area contributed by atoms with Crippen LogP contribution in [0.1, 0.15) is 16.8 Å². The molecule has 1 aromatic rings. The molecule has 0 atom stereocenters. The monoisotopic (exact) mass is 233 g/mol. The van der Waals surface area contributed by atoms with Gasteiger partial charge in [-0.2, -0.15) is 9.59 Å². The predicted octanol–water partition coefficient (Wildman–Crippen LogP) is -0.482. The SMILES string of the molecule is Cc1cnc2c(c1)CC(N)=C2C(N)=O.O=C=O. The summed E-state index contributed by atoms with van der Waals surface area (Å²) in [4.78, 5) is 31.5. The van der Waals surface area contributed by atoms with E-state index in [2.05, 4.69) is 4.98 Å². The number of aromatic nitrogens is 1. The van der Waals surface area contributed by atoms with E-state index in [1.54, 1.807) is 6.20 Å². The van der Waals surface area contributed by atoms with Crippen molar-refractivity contribution < 1.29 is 14.4 Å². The van der Waals surface area contributed by atoms with Crippen LogP contribution in [0.3, 0.4) is 0 Å². The van der Waals surface area contributed by atoms with Crippen molar-refractivity contribution in [2.45, 2.75) is 13.3 Å². The van der Waals surface area contributed by atoms with Crippen LogP contribution in [0.25, 0.3) is 5.57 Å². The molecule has 1 amide bonds. The van der Waals surface area contributed by atoms with Crippen LogP contribution in [-0.2, 0) is 20.8 Å². The number of carbonyl (C=O) groups is 1. The molecule has 6 heteroatoms. The maximum absolute atomic E-state index is 11.1. The van der Waals surface area contributed by atoms with Gasteiger partial charge >= 0.3 is 6.15 Å². The number of hydrogen-bond acceptors (Lipinski definition) is 5. The van der Waals surface area contributed by atoms with E-state index in [4.69, 9.17) is 21.1 Å². The van der Waals surface area contributed by atoms with E-state index >= 15 is 0 Å². The van der Waals surface area contributed by atoms with Crippen LogP contribution in [0.4, 0.5) is 0 Å². The lowest BCUT2D eigenvalue weighted by atomic mass is 10.1. The largest absolute Gasteiger partial charge is 0.401 e. The molecule has 88 valence electrons. The van der Waals surface area contributed by atoms with E-state index in [-0.39, 0.29) is 6.15 Å². The predicted molar refractivity (Wildman–Crippen MR) is 58.0 cm³/mol. The Kier molecular flexibility index (Phi) is 3.74. The number of primary amides is 1. The molecule has 0 unspecified atom stereocenters. The van der Waals surface area contributed by atoms with Crippen molar-refractivity contribution in [2.24, 2.45) is 11.5 Å². The molecule has 0 spiro atoms. The summed E-state index contributed by atoms with van der Waals surface area (Å²) in [5.41, 5.74) is 14.5. The standard InChI is InChI=1S/C10H11N3O.CO2/c1-5-2-6-3-7(11)8(10(12)14)9(6)13-4-5;2-1-3/h2,4H,3,11H2,1H3,(H2,12,14);. The zero-order valence-electron chi connectivity index (χ0n) is 9.19. The molecular formula is C11H11N3O3. The highest BCUT2D eigenvalue weighted by Crippen LogP contribution is 2.28. The summed E-state index contributed by atoms with van der Waals surface area (Å²) >= 11 is 0. The number of pyridine rings is 1. The third-order valence-electron chi connectivity index (χ3n) is 2.29. The van der Waals surface area contributed by atoms with Crippen molar-refractivity contribution in [3.63, 3.8) is 0 Å². The second-order valence-corrected chi connectivity index (χ2v) is 3.54. The van der Waals surface area contributed by atoms with E-state index in [0.717, 1.165) is 11.1 Å². The molecule has 17 heavy (non-hydrogen) atoms. The van der Waals surface area contributed by atoms with Crippen LogP contribution in [0, 0.1) is 6.92 Å². The first kappa shape index (κ1) is 12.6. The van der Waals surface area contributed by atoms with Gasteiger partial charge in [-0.1, -0.05) is 6.07 Å². The Morgan fingerprint density at radius 2 is 2.06 bits per heavy atom. The van der Waals surface area contributed by atoms with Crippen molar-refractivity contribution in [1.82, 2.24) is 4.98 Å². The fraction of sp³-hybridized carbons (Fsp3) is 0.182. The van der Waals surface area contributed by atoms with Crippen molar-refractivity contribution in [2.75, 3.05) is 0 Å². The molecular weight excluding hydrogens is 222 g/mol. The Morgan fingerprint density at radius 1 is 1.47 bits per heavy atom. The molecule has 1 heterocycles. The van der Waals surface area contributed by atoms with E-state index in [0.29, 0.717) is 23.4 Å². The summed E-state index contributed by atoms with van der Waals surface area (Å²) in [6.45, 7) is 1.95. The minimum absolute atomic E-state index is 0.250. The Labute approximate surface area is 97.3 Å². The summed E-state index contributed by atoms with van der Waals surface area (Å²) in [5.74, 6) is -0.502. The molecule has 0 aromatic carbocycles. The summed E-state index contributed by atoms with van der Waals surface area (Å²) < 4.78 is 0. The second kappa shape index (κ2) is 5.05. The van der Waals surface area contributed by atoms with Gasteiger partial charge in [0.15, 0.2) is 0 Å². The highest BCUT2D eigenvalue weighted by Gasteiger charge is 2.24.